The number of amides is 2. The van der Waals surface area contributed by atoms with Gasteiger partial charge in [-0.05, 0) is 102 Å². The highest BCUT2D eigenvalue weighted by molar-refractivity contribution is 5.76. The molecule has 16 heteroatoms. The van der Waals surface area contributed by atoms with Crippen molar-refractivity contribution in [2.24, 2.45) is 0 Å². The van der Waals surface area contributed by atoms with Gasteiger partial charge in [0, 0.05) is 75.5 Å². The minimum atomic E-state index is -0.337. The summed E-state index contributed by atoms with van der Waals surface area (Å²) in [4.78, 5) is 63.4. The molecule has 2 aromatic carbocycles. The van der Waals surface area contributed by atoms with Crippen LogP contribution in [0.25, 0.3) is 22.1 Å². The Morgan fingerprint density at radius 3 is 1.40 bits per heavy atom. The number of imidazole rings is 2. The molecule has 4 saturated heterocycles. The van der Waals surface area contributed by atoms with E-state index in [-0.39, 0.29) is 58.4 Å². The van der Waals surface area contributed by atoms with E-state index in [1.54, 1.807) is 31.1 Å². The molecule has 0 radical (unpaired) electrons. The fourth-order valence-electron chi connectivity index (χ4n) is 9.52. The average molecular weight is 809 g/mol. The number of halogens is 2. The molecule has 4 fully saturated rings. The van der Waals surface area contributed by atoms with Crippen molar-refractivity contribution >= 4 is 34.3 Å². The third kappa shape index (κ3) is 8.54. The lowest BCUT2D eigenvalue weighted by molar-refractivity contribution is 0.0632. The van der Waals surface area contributed by atoms with Crippen LogP contribution in [0.5, 0.6) is 0 Å². The van der Waals surface area contributed by atoms with Crippen LogP contribution >= 0.6 is 0 Å². The van der Waals surface area contributed by atoms with Gasteiger partial charge in [0.1, 0.15) is 11.6 Å². The summed E-state index contributed by atoms with van der Waals surface area (Å²) in [5.41, 5.74) is 2.09. The lowest BCUT2D eigenvalue weighted by atomic mass is 9.94. The van der Waals surface area contributed by atoms with E-state index in [0.29, 0.717) is 61.5 Å². The zero-order valence-electron chi connectivity index (χ0n) is 34.2. The largest absolute Gasteiger partial charge is 0.449 e. The molecular weight excluding hydrogens is 751 g/mol. The second kappa shape index (κ2) is 17.3. The van der Waals surface area contributed by atoms with Crippen LogP contribution < -0.4 is 11.4 Å². The smallest absolute Gasteiger partial charge is 0.409 e. The van der Waals surface area contributed by atoms with Crippen LogP contribution in [0.2, 0.25) is 0 Å². The number of fused-ring (bicyclic) bond motifs is 2. The zero-order chi connectivity index (χ0) is 41.2. The van der Waals surface area contributed by atoms with Crippen LogP contribution in [0, 0.1) is 11.6 Å². The molecule has 58 heavy (non-hydrogen) atoms. The highest BCUT2D eigenvalue weighted by Crippen LogP contribution is 2.36. The molecule has 0 aliphatic carbocycles. The third-order valence-electron chi connectivity index (χ3n) is 12.8. The van der Waals surface area contributed by atoms with E-state index in [1.807, 2.05) is 13.8 Å². The third-order valence-corrected chi connectivity index (χ3v) is 12.8. The van der Waals surface area contributed by atoms with Gasteiger partial charge in [0.2, 0.25) is 0 Å². The molecule has 0 spiro atoms. The van der Waals surface area contributed by atoms with Crippen molar-refractivity contribution in [1.29, 1.82) is 0 Å². The zero-order valence-corrected chi connectivity index (χ0v) is 34.2. The Balaban J connectivity index is 0.000000177. The summed E-state index contributed by atoms with van der Waals surface area (Å²) in [7, 11) is 0. The number of carbonyl (C=O) groups is 2. The maximum atomic E-state index is 13.7. The lowest BCUT2D eigenvalue weighted by Crippen LogP contribution is -2.52. The van der Waals surface area contributed by atoms with Crippen LogP contribution in [-0.2, 0) is 9.47 Å². The van der Waals surface area contributed by atoms with Gasteiger partial charge in [-0.2, -0.15) is 0 Å². The predicted octanol–water partition coefficient (Wildman–Crippen LogP) is 6.23. The van der Waals surface area contributed by atoms with Gasteiger partial charge in [0.25, 0.3) is 0 Å². The number of piperidine rings is 2. The summed E-state index contributed by atoms with van der Waals surface area (Å²) in [6.07, 6.45) is 6.30. The maximum Gasteiger partial charge on any atom is 0.409 e. The number of benzene rings is 2. The standard InChI is InChI=1S/2C21H29FN4O3/c2*1-3-12-29-20(28)24-11-8-21(2,14-24)25-9-6-16(7-10-25)26-18-13-15(22)4-5-17(18)23-19(26)27/h2*4-5,13,16H,3,6-12,14H2,1-2H3,(H,23,27). The first kappa shape index (κ1) is 41.5. The first-order chi connectivity index (χ1) is 27.8. The van der Waals surface area contributed by atoms with E-state index < -0.39 is 0 Å². The van der Waals surface area contributed by atoms with Crippen LogP contribution in [-0.4, -0.2) is 128 Å². The van der Waals surface area contributed by atoms with Gasteiger partial charge in [-0.3, -0.25) is 18.9 Å². The number of ether oxygens (including phenoxy) is 2. The van der Waals surface area contributed by atoms with Crippen molar-refractivity contribution in [2.75, 3.05) is 65.6 Å². The van der Waals surface area contributed by atoms with Gasteiger partial charge in [0.05, 0.1) is 35.3 Å². The van der Waals surface area contributed by atoms with Crippen molar-refractivity contribution in [1.82, 2.24) is 38.7 Å². The topological polar surface area (TPSA) is 141 Å². The Morgan fingerprint density at radius 1 is 0.655 bits per heavy atom. The molecule has 14 nitrogen and oxygen atoms in total. The van der Waals surface area contributed by atoms with Crippen LogP contribution in [0.1, 0.15) is 91.1 Å². The Bertz CT molecular complexity index is 2050. The number of aromatic nitrogens is 4. The number of nitrogens with one attached hydrogen (secondary N) is 2. The molecule has 2 aromatic heterocycles. The number of rotatable bonds is 8. The molecule has 4 aromatic rings. The summed E-state index contributed by atoms with van der Waals surface area (Å²) in [5, 5.41) is 0. The molecular formula is C42H58F2N8O6. The van der Waals surface area contributed by atoms with Gasteiger partial charge >= 0.3 is 23.6 Å². The maximum absolute atomic E-state index is 13.7. The van der Waals surface area contributed by atoms with E-state index in [0.717, 1.165) is 77.5 Å². The Labute approximate surface area is 337 Å². The van der Waals surface area contributed by atoms with Crippen LogP contribution in [0.15, 0.2) is 46.0 Å². The van der Waals surface area contributed by atoms with Crippen molar-refractivity contribution in [2.45, 2.75) is 102 Å². The summed E-state index contributed by atoms with van der Waals surface area (Å²) in [6, 6.07) is 8.91. The van der Waals surface area contributed by atoms with Gasteiger partial charge in [-0.1, -0.05) is 13.8 Å². The summed E-state index contributed by atoms with van der Waals surface area (Å²) >= 11 is 0. The minimum absolute atomic E-state index is 0.0462. The number of hydrogen-bond acceptors (Lipinski definition) is 8. The van der Waals surface area contributed by atoms with Crippen LogP contribution in [0.4, 0.5) is 18.4 Å². The molecule has 0 bridgehead atoms. The summed E-state index contributed by atoms with van der Waals surface area (Å²) < 4.78 is 41.4. The van der Waals surface area contributed by atoms with E-state index in [1.165, 1.54) is 24.3 Å². The van der Waals surface area contributed by atoms with Gasteiger partial charge in [-0.15, -0.1) is 0 Å². The second-order valence-electron chi connectivity index (χ2n) is 16.9. The molecule has 8 rings (SSSR count). The normalized spacial score (nSPS) is 23.8. The highest BCUT2D eigenvalue weighted by atomic mass is 19.1. The molecule has 2 amide bonds. The number of aromatic amines is 2. The van der Waals surface area contributed by atoms with Gasteiger partial charge < -0.3 is 29.2 Å². The Kier molecular flexibility index (Phi) is 12.3. The quantitative estimate of drug-likeness (QED) is 0.214. The second-order valence-corrected chi connectivity index (χ2v) is 16.9. The number of nitrogens with zero attached hydrogens (tertiary/aromatic N) is 6. The molecule has 4 aliphatic rings. The van der Waals surface area contributed by atoms with E-state index >= 15 is 0 Å². The molecule has 316 valence electrons. The van der Waals surface area contributed by atoms with Crippen LogP contribution in [0.3, 0.4) is 0 Å². The average Bonchev–Trinajstić information content (AvgIpc) is 3.99. The predicted molar refractivity (Wildman–Crippen MR) is 217 cm³/mol. The molecule has 2 unspecified atom stereocenters. The van der Waals surface area contributed by atoms with E-state index in [2.05, 4.69) is 33.6 Å². The monoisotopic (exact) mass is 808 g/mol. The lowest BCUT2D eigenvalue weighted by Gasteiger charge is -2.43. The first-order valence-corrected chi connectivity index (χ1v) is 21.0. The Morgan fingerprint density at radius 2 is 1.03 bits per heavy atom. The minimum Gasteiger partial charge on any atom is -0.449 e. The molecule has 0 saturated carbocycles. The molecule has 2 atom stereocenters. The van der Waals surface area contributed by atoms with Gasteiger partial charge in [-0.25, -0.2) is 28.0 Å². The fraction of sp³-hybridized carbons (Fsp3) is 0.619. The van der Waals surface area contributed by atoms with E-state index in [9.17, 15) is 28.0 Å². The molecule has 2 N–H and O–H groups in total. The first-order valence-electron chi connectivity index (χ1n) is 21.0. The Hall–Kier alpha value is -4.70. The number of carbonyl (C=O) groups excluding carboxylic acids is 2. The van der Waals surface area contributed by atoms with Crippen molar-refractivity contribution in [3.63, 3.8) is 0 Å². The molecule has 6 heterocycles. The fourth-order valence-corrected chi connectivity index (χ4v) is 9.52. The van der Waals surface area contributed by atoms with Gasteiger partial charge in [0.15, 0.2) is 0 Å². The SMILES string of the molecule is CCCOC(=O)N1CCC(C)(N2CCC(n3c(=O)[nH]c4ccc(F)cc43)CC2)C1.CCCOC(=O)N1CCC(C)(N2CCC(n3c(=O)[nH]c4ccc(F)cc43)CC2)C1. The summed E-state index contributed by atoms with van der Waals surface area (Å²) in [6.45, 7) is 15.4. The number of hydrogen-bond donors (Lipinski definition) is 2. The summed E-state index contributed by atoms with van der Waals surface area (Å²) in [5.74, 6) is -0.674. The van der Waals surface area contributed by atoms with Crippen molar-refractivity contribution < 1.29 is 27.8 Å². The number of likely N-dealkylation sites (tertiary alicyclic amines) is 4. The highest BCUT2D eigenvalue weighted by Gasteiger charge is 2.44. The number of H-pyrrole nitrogens is 2. The molecule has 4 aliphatic heterocycles. The van der Waals surface area contributed by atoms with Crippen molar-refractivity contribution in [3.05, 3.63) is 69.0 Å². The van der Waals surface area contributed by atoms with E-state index in [4.69, 9.17) is 9.47 Å². The van der Waals surface area contributed by atoms with Crippen molar-refractivity contribution in [3.8, 4) is 0 Å².